The van der Waals surface area contributed by atoms with Gasteiger partial charge in [0.05, 0.1) is 24.4 Å². The van der Waals surface area contributed by atoms with Gasteiger partial charge in [0.25, 0.3) is 0 Å². The summed E-state index contributed by atoms with van der Waals surface area (Å²) in [4.78, 5) is 13.9. The third-order valence-electron chi connectivity index (χ3n) is 3.10. The van der Waals surface area contributed by atoms with Crippen LogP contribution >= 0.6 is 11.8 Å². The molecule has 1 N–H and O–H groups in total. The van der Waals surface area contributed by atoms with Crippen molar-refractivity contribution in [1.29, 1.82) is 5.26 Å². The van der Waals surface area contributed by atoms with Gasteiger partial charge in [0, 0.05) is 11.4 Å². The monoisotopic (exact) mass is 292 g/mol. The molecule has 1 aromatic carbocycles. The number of rotatable bonds is 4. The van der Waals surface area contributed by atoms with Crippen molar-refractivity contribution in [2.75, 3.05) is 30.3 Å². The van der Waals surface area contributed by atoms with Crippen molar-refractivity contribution >= 4 is 23.4 Å². The van der Waals surface area contributed by atoms with Gasteiger partial charge in [0.2, 0.25) is 0 Å². The number of nitriles is 1. The van der Waals surface area contributed by atoms with E-state index in [1.165, 1.54) is 0 Å². The third kappa shape index (κ3) is 3.06. The van der Waals surface area contributed by atoms with E-state index in [1.807, 2.05) is 30.0 Å². The minimum atomic E-state index is -0.965. The smallest absolute Gasteiger partial charge is 0.334 e. The molecule has 0 bridgehead atoms. The summed E-state index contributed by atoms with van der Waals surface area (Å²) in [5.41, 5.74) is 1.41. The Morgan fingerprint density at radius 3 is 3.10 bits per heavy atom. The molecule has 1 atom stereocenters. The number of thioether (sulfide) groups is 1. The quantitative estimate of drug-likeness (QED) is 0.855. The number of benzene rings is 1. The Balaban J connectivity index is 2.30. The molecule has 0 aromatic heterocycles. The molecule has 20 heavy (non-hydrogen) atoms. The average molecular weight is 292 g/mol. The minimum absolute atomic E-state index is 0.268. The number of morpholine rings is 1. The summed E-state index contributed by atoms with van der Waals surface area (Å²) in [6.45, 7) is 3.25. The number of aliphatic carboxylic acids is 1. The van der Waals surface area contributed by atoms with Crippen LogP contribution in [0.15, 0.2) is 23.1 Å². The highest BCUT2D eigenvalue weighted by Gasteiger charge is 2.27. The van der Waals surface area contributed by atoms with Crippen molar-refractivity contribution in [1.82, 2.24) is 0 Å². The molecule has 5 nitrogen and oxygen atoms in total. The van der Waals surface area contributed by atoms with Crippen molar-refractivity contribution in [3.8, 4) is 6.07 Å². The first-order valence-corrected chi connectivity index (χ1v) is 7.41. The first kappa shape index (κ1) is 14.7. The van der Waals surface area contributed by atoms with E-state index in [-0.39, 0.29) is 6.54 Å². The van der Waals surface area contributed by atoms with Crippen LogP contribution in [0.3, 0.4) is 0 Å². The molecule has 1 aliphatic rings. The lowest BCUT2D eigenvalue weighted by Gasteiger charge is -2.33. The fraction of sp³-hybridized carbons (Fsp3) is 0.429. The summed E-state index contributed by atoms with van der Waals surface area (Å²) in [6, 6.07) is 7.93. The molecule has 0 aliphatic carbocycles. The number of hydrogen-bond acceptors (Lipinski definition) is 5. The lowest BCUT2D eigenvalue weighted by molar-refractivity contribution is -0.150. The molecule has 1 fully saturated rings. The normalized spacial score (nSPS) is 18.6. The molecule has 1 aromatic rings. The minimum Gasteiger partial charge on any atom is -0.479 e. The van der Waals surface area contributed by atoms with Gasteiger partial charge in [-0.25, -0.2) is 4.79 Å². The predicted molar refractivity (Wildman–Crippen MR) is 77.1 cm³/mol. The Morgan fingerprint density at radius 1 is 1.65 bits per heavy atom. The molecule has 0 spiro atoms. The molecule has 106 valence electrons. The van der Waals surface area contributed by atoms with E-state index >= 15 is 0 Å². The second-order valence-corrected chi connectivity index (χ2v) is 5.64. The average Bonchev–Trinajstić information content (AvgIpc) is 2.47. The molecule has 1 heterocycles. The van der Waals surface area contributed by atoms with Crippen molar-refractivity contribution in [3.05, 3.63) is 23.8 Å². The van der Waals surface area contributed by atoms with Gasteiger partial charge in [-0.05, 0) is 17.9 Å². The van der Waals surface area contributed by atoms with Crippen molar-refractivity contribution < 1.29 is 14.6 Å². The summed E-state index contributed by atoms with van der Waals surface area (Å²) < 4.78 is 5.21. The maximum Gasteiger partial charge on any atom is 0.334 e. The zero-order valence-electron chi connectivity index (χ0n) is 11.2. The molecule has 6 heteroatoms. The molecular formula is C14H16N2O3S. The van der Waals surface area contributed by atoms with E-state index in [2.05, 4.69) is 6.07 Å². The Bertz CT molecular complexity index is 542. The van der Waals surface area contributed by atoms with Crippen LogP contribution in [0.25, 0.3) is 0 Å². The highest BCUT2D eigenvalue weighted by molar-refractivity contribution is 7.99. The first-order valence-electron chi connectivity index (χ1n) is 6.42. The summed E-state index contributed by atoms with van der Waals surface area (Å²) in [6.07, 6.45) is -0.835. The number of ether oxygens (including phenoxy) is 1. The van der Waals surface area contributed by atoms with E-state index in [0.29, 0.717) is 18.7 Å². The van der Waals surface area contributed by atoms with Crippen LogP contribution in [0.2, 0.25) is 0 Å². The Hall–Kier alpha value is -1.71. The van der Waals surface area contributed by atoms with Crippen molar-refractivity contribution in [2.45, 2.75) is 17.9 Å². The fourth-order valence-corrected chi connectivity index (χ4v) is 2.97. The molecule has 0 amide bonds. The molecular weight excluding hydrogens is 276 g/mol. The van der Waals surface area contributed by atoms with E-state index in [4.69, 9.17) is 9.84 Å². The number of carboxylic acids is 1. The van der Waals surface area contributed by atoms with Crippen LogP contribution < -0.4 is 4.90 Å². The van der Waals surface area contributed by atoms with E-state index in [9.17, 15) is 10.1 Å². The maximum atomic E-state index is 11.0. The number of carbonyl (C=O) groups is 1. The fourth-order valence-electron chi connectivity index (χ4n) is 2.19. The number of nitrogens with zero attached hydrogens (tertiary/aromatic N) is 2. The second-order valence-electron chi connectivity index (χ2n) is 4.34. The van der Waals surface area contributed by atoms with Gasteiger partial charge in [-0.15, -0.1) is 11.8 Å². The zero-order chi connectivity index (χ0) is 14.5. The molecule has 0 saturated carbocycles. The van der Waals surface area contributed by atoms with Crippen molar-refractivity contribution in [2.24, 2.45) is 0 Å². The Labute approximate surface area is 122 Å². The number of carboxylic acid groups (broad SMARTS) is 1. The lowest BCUT2D eigenvalue weighted by Crippen LogP contribution is -2.46. The van der Waals surface area contributed by atoms with E-state index in [0.717, 1.165) is 16.3 Å². The van der Waals surface area contributed by atoms with Gasteiger partial charge in [-0.2, -0.15) is 5.26 Å². The molecule has 1 unspecified atom stereocenters. The molecule has 1 saturated heterocycles. The molecule has 1 aliphatic heterocycles. The standard InChI is InChI=1S/C14H16N2O3S/c1-2-20-13-5-3-4-11(10(13)8-15)16-6-7-19-12(9-16)14(17)18/h3-5,12H,2,6-7,9H2,1H3,(H,17,18). The van der Waals surface area contributed by atoms with Gasteiger partial charge >= 0.3 is 5.97 Å². The van der Waals surface area contributed by atoms with Gasteiger partial charge in [-0.1, -0.05) is 13.0 Å². The van der Waals surface area contributed by atoms with Gasteiger partial charge < -0.3 is 14.7 Å². The lowest BCUT2D eigenvalue weighted by atomic mass is 10.1. The van der Waals surface area contributed by atoms with Crippen LogP contribution in [0.5, 0.6) is 0 Å². The topological polar surface area (TPSA) is 73.6 Å². The predicted octanol–water partition coefficient (Wildman–Crippen LogP) is 1.96. The zero-order valence-corrected chi connectivity index (χ0v) is 12.0. The number of hydrogen-bond donors (Lipinski definition) is 1. The molecule has 2 rings (SSSR count). The second kappa shape index (κ2) is 6.64. The first-order chi connectivity index (χ1) is 9.67. The Kier molecular flexibility index (Phi) is 4.88. The summed E-state index contributed by atoms with van der Waals surface area (Å²) in [7, 11) is 0. The summed E-state index contributed by atoms with van der Waals surface area (Å²) >= 11 is 1.62. The highest BCUT2D eigenvalue weighted by Crippen LogP contribution is 2.31. The van der Waals surface area contributed by atoms with Crippen molar-refractivity contribution in [3.63, 3.8) is 0 Å². The van der Waals surface area contributed by atoms with Crippen LogP contribution in [-0.4, -0.2) is 42.6 Å². The highest BCUT2D eigenvalue weighted by atomic mass is 32.2. The van der Waals surface area contributed by atoms with Crippen LogP contribution in [-0.2, 0) is 9.53 Å². The largest absolute Gasteiger partial charge is 0.479 e. The third-order valence-corrected chi connectivity index (χ3v) is 4.04. The Morgan fingerprint density at radius 2 is 2.45 bits per heavy atom. The van der Waals surface area contributed by atoms with Gasteiger partial charge in [0.15, 0.2) is 6.10 Å². The summed E-state index contributed by atoms with van der Waals surface area (Å²) in [5.74, 6) is -0.0776. The number of anilines is 1. The summed E-state index contributed by atoms with van der Waals surface area (Å²) in [5, 5.41) is 18.4. The molecule has 0 radical (unpaired) electrons. The van der Waals surface area contributed by atoms with E-state index in [1.54, 1.807) is 11.8 Å². The van der Waals surface area contributed by atoms with Crippen LogP contribution in [0, 0.1) is 11.3 Å². The van der Waals surface area contributed by atoms with Crippen LogP contribution in [0.1, 0.15) is 12.5 Å². The van der Waals surface area contributed by atoms with E-state index < -0.39 is 12.1 Å². The van der Waals surface area contributed by atoms with Gasteiger partial charge in [-0.3, -0.25) is 0 Å². The van der Waals surface area contributed by atoms with Crippen LogP contribution in [0.4, 0.5) is 5.69 Å². The SMILES string of the molecule is CCSc1cccc(N2CCOC(C(=O)O)C2)c1C#N. The van der Waals surface area contributed by atoms with Gasteiger partial charge in [0.1, 0.15) is 6.07 Å². The maximum absolute atomic E-state index is 11.0.